The van der Waals surface area contributed by atoms with E-state index in [9.17, 15) is 17.2 Å². The van der Waals surface area contributed by atoms with Gasteiger partial charge in [-0.2, -0.15) is 4.31 Å². The molecule has 0 heterocycles. The minimum atomic E-state index is -4.08. The van der Waals surface area contributed by atoms with Gasteiger partial charge in [0.05, 0.1) is 7.11 Å². The molecule has 0 saturated heterocycles. The molecule has 0 fully saturated rings. The number of halogens is 2. The summed E-state index contributed by atoms with van der Waals surface area (Å²) < 4.78 is 58.1. The molecule has 0 aromatic heterocycles. The Morgan fingerprint density at radius 3 is 2.43 bits per heavy atom. The van der Waals surface area contributed by atoms with Crippen molar-refractivity contribution >= 4 is 10.0 Å². The van der Waals surface area contributed by atoms with E-state index < -0.39 is 26.6 Å². The molecule has 0 amide bonds. The smallest absolute Gasteiger partial charge is 0.246 e. The summed E-state index contributed by atoms with van der Waals surface area (Å²) in [6.07, 6.45) is 2.46. The first kappa shape index (κ1) is 17.8. The van der Waals surface area contributed by atoms with Gasteiger partial charge in [-0.3, -0.25) is 0 Å². The summed E-state index contributed by atoms with van der Waals surface area (Å²) in [5.41, 5.74) is 0. The van der Waals surface area contributed by atoms with Crippen molar-refractivity contribution in [2.45, 2.75) is 44.0 Å². The van der Waals surface area contributed by atoms with E-state index in [1.807, 2.05) is 6.92 Å². The van der Waals surface area contributed by atoms with Crippen molar-refractivity contribution in [1.29, 1.82) is 0 Å². The summed E-state index contributed by atoms with van der Waals surface area (Å²) in [5, 5.41) is 0. The number of benzene rings is 1. The molecule has 4 nitrogen and oxygen atoms in total. The van der Waals surface area contributed by atoms with Crippen molar-refractivity contribution in [3.05, 3.63) is 23.8 Å². The van der Waals surface area contributed by atoms with Crippen LogP contribution in [0.15, 0.2) is 17.0 Å². The van der Waals surface area contributed by atoms with Crippen molar-refractivity contribution in [3.63, 3.8) is 0 Å². The highest BCUT2D eigenvalue weighted by Gasteiger charge is 2.29. The minimum absolute atomic E-state index is 0.292. The van der Waals surface area contributed by atoms with Crippen LogP contribution in [0.2, 0.25) is 0 Å². The number of hydrogen-bond acceptors (Lipinski definition) is 3. The molecule has 1 unspecified atom stereocenters. The highest BCUT2D eigenvalue weighted by atomic mass is 32.2. The predicted octanol–water partition coefficient (Wildman–Crippen LogP) is 3.17. The number of hydrogen-bond donors (Lipinski definition) is 0. The standard InChI is InChI=1S/C14H21F2NO3S/c1-5-6-7-10(2)17(3)21(18,19)14-9-11(15)13(20-4)8-12(14)16/h8-10H,5-7H2,1-4H3. The van der Waals surface area contributed by atoms with Gasteiger partial charge in [-0.15, -0.1) is 0 Å². The van der Waals surface area contributed by atoms with Gasteiger partial charge < -0.3 is 4.74 Å². The highest BCUT2D eigenvalue weighted by molar-refractivity contribution is 7.89. The lowest BCUT2D eigenvalue weighted by Crippen LogP contribution is -2.35. The molecule has 21 heavy (non-hydrogen) atoms. The van der Waals surface area contributed by atoms with Gasteiger partial charge in [0.1, 0.15) is 10.7 Å². The maximum absolute atomic E-state index is 13.9. The second-order valence-corrected chi connectivity index (χ2v) is 6.90. The third-order valence-electron chi connectivity index (χ3n) is 3.46. The third kappa shape index (κ3) is 3.91. The summed E-state index contributed by atoms with van der Waals surface area (Å²) in [6.45, 7) is 3.74. The van der Waals surface area contributed by atoms with E-state index in [1.165, 1.54) is 14.2 Å². The summed E-state index contributed by atoms with van der Waals surface area (Å²) in [5.74, 6) is -2.26. The highest BCUT2D eigenvalue weighted by Crippen LogP contribution is 2.27. The molecule has 0 N–H and O–H groups in total. The maximum Gasteiger partial charge on any atom is 0.246 e. The summed E-state index contributed by atoms with van der Waals surface area (Å²) in [4.78, 5) is -0.674. The first-order chi connectivity index (χ1) is 9.75. The normalized spacial score (nSPS) is 13.5. The Morgan fingerprint density at radius 2 is 1.90 bits per heavy atom. The van der Waals surface area contributed by atoms with Crippen LogP contribution < -0.4 is 4.74 Å². The van der Waals surface area contributed by atoms with E-state index in [0.717, 1.165) is 23.2 Å². The van der Waals surface area contributed by atoms with Crippen LogP contribution in [0.3, 0.4) is 0 Å². The summed E-state index contributed by atoms with van der Waals surface area (Å²) in [6, 6.07) is 1.11. The number of methoxy groups -OCH3 is 1. The maximum atomic E-state index is 13.9. The monoisotopic (exact) mass is 321 g/mol. The molecule has 0 spiro atoms. The Bertz CT molecular complexity index is 590. The number of sulfonamides is 1. The molecule has 120 valence electrons. The molecular weight excluding hydrogens is 300 g/mol. The fourth-order valence-corrected chi connectivity index (χ4v) is 3.39. The Balaban J connectivity index is 3.16. The number of nitrogens with zero attached hydrogens (tertiary/aromatic N) is 1. The molecule has 1 atom stereocenters. The van der Waals surface area contributed by atoms with Gasteiger partial charge in [-0.05, 0) is 13.3 Å². The van der Waals surface area contributed by atoms with Crippen LogP contribution >= 0.6 is 0 Å². The van der Waals surface area contributed by atoms with Gasteiger partial charge in [-0.25, -0.2) is 17.2 Å². The van der Waals surface area contributed by atoms with E-state index in [-0.39, 0.29) is 11.8 Å². The Hall–Kier alpha value is -1.21. The second-order valence-electron chi connectivity index (χ2n) is 4.93. The van der Waals surface area contributed by atoms with E-state index in [2.05, 4.69) is 4.74 Å². The lowest BCUT2D eigenvalue weighted by molar-refractivity contribution is 0.359. The Morgan fingerprint density at radius 1 is 1.29 bits per heavy atom. The second kappa shape index (κ2) is 7.17. The molecule has 0 radical (unpaired) electrons. The zero-order chi connectivity index (χ0) is 16.2. The number of rotatable bonds is 7. The Kier molecular flexibility index (Phi) is 6.10. The first-order valence-corrected chi connectivity index (χ1v) is 8.20. The van der Waals surface area contributed by atoms with Crippen molar-refractivity contribution in [3.8, 4) is 5.75 Å². The molecule has 0 aliphatic carbocycles. The predicted molar refractivity (Wildman–Crippen MR) is 76.8 cm³/mol. The van der Waals surface area contributed by atoms with Crippen LogP contribution in [-0.2, 0) is 10.0 Å². The molecule has 1 aromatic carbocycles. The van der Waals surface area contributed by atoms with Crippen molar-refractivity contribution in [2.75, 3.05) is 14.2 Å². The van der Waals surface area contributed by atoms with E-state index >= 15 is 0 Å². The first-order valence-electron chi connectivity index (χ1n) is 6.76. The van der Waals surface area contributed by atoms with E-state index in [4.69, 9.17) is 0 Å². The molecule has 0 bridgehead atoms. The summed E-state index contributed by atoms with van der Waals surface area (Å²) >= 11 is 0. The van der Waals surface area contributed by atoms with Crippen LogP contribution in [0.1, 0.15) is 33.1 Å². The minimum Gasteiger partial charge on any atom is -0.494 e. The average molecular weight is 321 g/mol. The van der Waals surface area contributed by atoms with E-state index in [1.54, 1.807) is 6.92 Å². The van der Waals surface area contributed by atoms with Crippen molar-refractivity contribution < 1.29 is 21.9 Å². The molecule has 0 aliphatic heterocycles. The van der Waals surface area contributed by atoms with E-state index in [0.29, 0.717) is 12.5 Å². The van der Waals surface area contributed by atoms with Gasteiger partial charge in [0.2, 0.25) is 10.0 Å². The zero-order valence-electron chi connectivity index (χ0n) is 12.7. The van der Waals surface area contributed by atoms with Crippen LogP contribution in [0, 0.1) is 11.6 Å². The summed E-state index contributed by atoms with van der Waals surface area (Å²) in [7, 11) is -1.53. The van der Waals surface area contributed by atoms with Crippen LogP contribution in [0.4, 0.5) is 8.78 Å². The molecule has 1 rings (SSSR count). The van der Waals surface area contributed by atoms with Crippen LogP contribution in [0.25, 0.3) is 0 Å². The number of unbranched alkanes of at least 4 members (excludes halogenated alkanes) is 1. The lowest BCUT2D eigenvalue weighted by Gasteiger charge is -2.24. The van der Waals surface area contributed by atoms with Gasteiger partial charge in [0.15, 0.2) is 11.6 Å². The van der Waals surface area contributed by atoms with Crippen LogP contribution in [0.5, 0.6) is 5.75 Å². The van der Waals surface area contributed by atoms with Gasteiger partial charge in [-0.1, -0.05) is 19.8 Å². The number of ether oxygens (including phenoxy) is 1. The fourth-order valence-electron chi connectivity index (χ4n) is 1.94. The zero-order valence-corrected chi connectivity index (χ0v) is 13.5. The quantitative estimate of drug-likeness (QED) is 0.775. The average Bonchev–Trinajstić information content (AvgIpc) is 2.45. The molecule has 0 aliphatic rings. The molecule has 7 heteroatoms. The largest absolute Gasteiger partial charge is 0.494 e. The lowest BCUT2D eigenvalue weighted by atomic mass is 10.1. The van der Waals surface area contributed by atoms with Gasteiger partial charge >= 0.3 is 0 Å². The van der Waals surface area contributed by atoms with Gasteiger partial charge in [0, 0.05) is 25.2 Å². The fraction of sp³-hybridized carbons (Fsp3) is 0.571. The van der Waals surface area contributed by atoms with Crippen molar-refractivity contribution in [2.24, 2.45) is 0 Å². The van der Waals surface area contributed by atoms with Gasteiger partial charge in [0.25, 0.3) is 0 Å². The van der Waals surface area contributed by atoms with Crippen LogP contribution in [-0.4, -0.2) is 32.9 Å². The molecule has 1 aromatic rings. The molecular formula is C14H21F2NO3S. The van der Waals surface area contributed by atoms with Crippen molar-refractivity contribution in [1.82, 2.24) is 4.31 Å². The molecule has 0 saturated carbocycles. The topological polar surface area (TPSA) is 46.6 Å². The SMILES string of the molecule is CCCCC(C)N(C)S(=O)(=O)c1cc(F)c(OC)cc1F. The Labute approximate surface area is 124 Å². The third-order valence-corrected chi connectivity index (χ3v) is 5.45.